The van der Waals surface area contributed by atoms with Crippen LogP contribution in [0.25, 0.3) is 20.7 Å². The van der Waals surface area contributed by atoms with Gasteiger partial charge in [0, 0.05) is 11.3 Å². The van der Waals surface area contributed by atoms with Gasteiger partial charge in [-0.1, -0.05) is 48.5 Å². The number of benzene rings is 2. The van der Waals surface area contributed by atoms with E-state index in [0.717, 1.165) is 10.4 Å². The Bertz CT molecular complexity index is 1260. The molecule has 0 radical (unpaired) electrons. The molecule has 0 aliphatic heterocycles. The lowest BCUT2D eigenvalue weighted by Crippen LogP contribution is -2.35. The molecule has 0 saturated carbocycles. The van der Waals surface area contributed by atoms with Crippen molar-refractivity contribution in [1.29, 1.82) is 0 Å². The zero-order valence-corrected chi connectivity index (χ0v) is 16.4. The van der Waals surface area contributed by atoms with Crippen LogP contribution in [0.3, 0.4) is 0 Å². The van der Waals surface area contributed by atoms with E-state index in [0.29, 0.717) is 21.6 Å². The first kappa shape index (κ1) is 19.0. The third-order valence-electron chi connectivity index (χ3n) is 4.83. The van der Waals surface area contributed by atoms with E-state index in [9.17, 15) is 14.0 Å². The highest BCUT2D eigenvalue weighted by molar-refractivity contribution is 7.21. The lowest BCUT2D eigenvalue weighted by molar-refractivity contribution is -0.120. The minimum atomic E-state index is -0.902. The number of nitrogens with two attached hydrogens (primary N) is 1. The molecule has 29 heavy (non-hydrogen) atoms. The van der Waals surface area contributed by atoms with E-state index in [1.165, 1.54) is 22.0 Å². The van der Waals surface area contributed by atoms with Crippen LogP contribution in [0.15, 0.2) is 65.5 Å². The lowest BCUT2D eigenvalue weighted by atomic mass is 10.1. The molecule has 0 aliphatic rings. The predicted molar refractivity (Wildman–Crippen MR) is 112 cm³/mol. The summed E-state index contributed by atoms with van der Waals surface area (Å²) in [6.07, 6.45) is 0.0774. The number of fused-ring (bicyclic) bond motifs is 1. The van der Waals surface area contributed by atoms with Gasteiger partial charge < -0.3 is 5.73 Å². The summed E-state index contributed by atoms with van der Waals surface area (Å²) in [6.45, 7) is 1.55. The van der Waals surface area contributed by atoms with Crippen molar-refractivity contribution >= 4 is 27.5 Å². The zero-order chi connectivity index (χ0) is 20.5. The molecule has 4 aromatic rings. The number of thiophene rings is 1. The molecule has 0 aliphatic carbocycles. The highest BCUT2D eigenvalue weighted by Crippen LogP contribution is 2.31. The van der Waals surface area contributed by atoms with Crippen LogP contribution in [0.2, 0.25) is 0 Å². The summed E-state index contributed by atoms with van der Waals surface area (Å²) in [7, 11) is 0. The van der Waals surface area contributed by atoms with Crippen molar-refractivity contribution in [2.75, 3.05) is 0 Å². The van der Waals surface area contributed by atoms with Crippen molar-refractivity contribution in [1.82, 2.24) is 9.55 Å². The second-order valence-electron chi connectivity index (χ2n) is 6.75. The lowest BCUT2D eigenvalue weighted by Gasteiger charge is -2.17. The average Bonchev–Trinajstić information content (AvgIpc) is 3.15. The first-order chi connectivity index (χ1) is 14.0. The quantitative estimate of drug-likeness (QED) is 0.545. The van der Waals surface area contributed by atoms with Crippen LogP contribution in [-0.4, -0.2) is 15.5 Å². The van der Waals surface area contributed by atoms with Gasteiger partial charge in [0.1, 0.15) is 22.5 Å². The molecule has 2 aromatic heterocycles. The second-order valence-corrected chi connectivity index (χ2v) is 7.78. The maximum atomic E-state index is 14.2. The number of halogens is 1. The molecule has 7 heteroatoms. The molecule has 1 atom stereocenters. The average molecular weight is 407 g/mol. The summed E-state index contributed by atoms with van der Waals surface area (Å²) in [5.74, 6) is -0.738. The molecule has 0 spiro atoms. The molecule has 1 unspecified atom stereocenters. The van der Waals surface area contributed by atoms with Gasteiger partial charge in [-0.2, -0.15) is 0 Å². The standard InChI is InChI=1S/C22H18FN3O2S/c1-13(20(24)27)26-19(11-15-9-5-6-10-17(15)23)25-21-16(22(26)28)12-18(29-21)14-7-3-2-4-8-14/h2-10,12-13H,11H2,1H3,(H2,24,27). The summed E-state index contributed by atoms with van der Waals surface area (Å²) in [4.78, 5) is 31.2. The van der Waals surface area contributed by atoms with Gasteiger partial charge >= 0.3 is 0 Å². The highest BCUT2D eigenvalue weighted by atomic mass is 32.1. The fourth-order valence-electron chi connectivity index (χ4n) is 3.24. The molecule has 4 rings (SSSR count). The molecular weight excluding hydrogens is 389 g/mol. The number of rotatable bonds is 5. The molecular formula is C22H18FN3O2S. The fourth-order valence-corrected chi connectivity index (χ4v) is 4.29. The number of amides is 1. The molecule has 0 bridgehead atoms. The molecule has 5 nitrogen and oxygen atoms in total. The molecule has 1 amide bonds. The Balaban J connectivity index is 1.93. The van der Waals surface area contributed by atoms with Crippen LogP contribution in [0.5, 0.6) is 0 Å². The number of nitrogens with zero attached hydrogens (tertiary/aromatic N) is 2. The van der Waals surface area contributed by atoms with E-state index >= 15 is 0 Å². The SMILES string of the molecule is CC(C(N)=O)n1c(Cc2ccccc2F)nc2sc(-c3ccccc3)cc2c1=O. The number of carbonyl (C=O) groups is 1. The molecule has 2 N–H and O–H groups in total. The highest BCUT2D eigenvalue weighted by Gasteiger charge is 2.22. The van der Waals surface area contributed by atoms with E-state index in [2.05, 4.69) is 4.98 Å². The van der Waals surface area contributed by atoms with Gasteiger partial charge in [0.15, 0.2) is 0 Å². The smallest absolute Gasteiger partial charge is 0.263 e. The van der Waals surface area contributed by atoms with Gasteiger partial charge in [0.25, 0.3) is 5.56 Å². The second kappa shape index (κ2) is 7.60. The van der Waals surface area contributed by atoms with E-state index in [4.69, 9.17) is 5.73 Å². The van der Waals surface area contributed by atoms with E-state index < -0.39 is 17.8 Å². The Morgan fingerprint density at radius 2 is 1.86 bits per heavy atom. The summed E-state index contributed by atoms with van der Waals surface area (Å²) in [5, 5.41) is 0.416. The van der Waals surface area contributed by atoms with Crippen molar-refractivity contribution in [2.45, 2.75) is 19.4 Å². The van der Waals surface area contributed by atoms with Gasteiger partial charge in [0.2, 0.25) is 5.91 Å². The van der Waals surface area contributed by atoms with Crippen LogP contribution < -0.4 is 11.3 Å². The van der Waals surface area contributed by atoms with Crippen LogP contribution in [0, 0.1) is 5.82 Å². The topological polar surface area (TPSA) is 78.0 Å². The third-order valence-corrected chi connectivity index (χ3v) is 5.91. The van der Waals surface area contributed by atoms with Crippen LogP contribution in [0.1, 0.15) is 24.4 Å². The van der Waals surface area contributed by atoms with Crippen molar-refractivity contribution in [3.8, 4) is 10.4 Å². The summed E-state index contributed by atoms with van der Waals surface area (Å²) in [5.41, 5.74) is 6.48. The Morgan fingerprint density at radius 1 is 1.17 bits per heavy atom. The monoisotopic (exact) mass is 407 g/mol. The Kier molecular flexibility index (Phi) is 4.98. The number of hydrogen-bond acceptors (Lipinski definition) is 4. The van der Waals surface area contributed by atoms with E-state index in [1.54, 1.807) is 31.2 Å². The minimum Gasteiger partial charge on any atom is -0.368 e. The van der Waals surface area contributed by atoms with Crippen LogP contribution in [-0.2, 0) is 11.2 Å². The van der Waals surface area contributed by atoms with Gasteiger partial charge in [-0.25, -0.2) is 9.37 Å². The van der Waals surface area contributed by atoms with Gasteiger partial charge in [0.05, 0.1) is 5.39 Å². The van der Waals surface area contributed by atoms with Gasteiger partial charge in [-0.3, -0.25) is 14.2 Å². The largest absolute Gasteiger partial charge is 0.368 e. The first-order valence-corrected chi connectivity index (χ1v) is 9.90. The van der Waals surface area contributed by atoms with E-state index in [-0.39, 0.29) is 12.0 Å². The molecule has 0 fully saturated rings. The molecule has 146 valence electrons. The molecule has 2 aromatic carbocycles. The summed E-state index contributed by atoms with van der Waals surface area (Å²) < 4.78 is 15.5. The number of aromatic nitrogens is 2. The Morgan fingerprint density at radius 3 is 2.55 bits per heavy atom. The summed E-state index contributed by atoms with van der Waals surface area (Å²) in [6, 6.07) is 16.8. The zero-order valence-electron chi connectivity index (χ0n) is 15.6. The van der Waals surface area contributed by atoms with Crippen LogP contribution in [0.4, 0.5) is 4.39 Å². The van der Waals surface area contributed by atoms with Crippen LogP contribution >= 0.6 is 11.3 Å². The maximum absolute atomic E-state index is 14.2. The molecule has 2 heterocycles. The molecule has 0 saturated heterocycles. The number of primary amides is 1. The minimum absolute atomic E-state index is 0.0774. The van der Waals surface area contributed by atoms with E-state index in [1.807, 2.05) is 30.3 Å². The first-order valence-electron chi connectivity index (χ1n) is 9.09. The van der Waals surface area contributed by atoms with Gasteiger partial charge in [-0.15, -0.1) is 11.3 Å². The van der Waals surface area contributed by atoms with Crippen molar-refractivity contribution < 1.29 is 9.18 Å². The van der Waals surface area contributed by atoms with Crippen molar-refractivity contribution in [2.24, 2.45) is 5.73 Å². The number of carbonyl (C=O) groups excluding carboxylic acids is 1. The third kappa shape index (κ3) is 3.56. The van der Waals surface area contributed by atoms with Crippen molar-refractivity contribution in [3.05, 3.63) is 88.2 Å². The maximum Gasteiger partial charge on any atom is 0.263 e. The predicted octanol–water partition coefficient (Wildman–Crippen LogP) is 3.90. The summed E-state index contributed by atoms with van der Waals surface area (Å²) >= 11 is 1.39. The Hall–Kier alpha value is -3.32. The number of hydrogen-bond donors (Lipinski definition) is 1. The fraction of sp³-hybridized carbons (Fsp3) is 0.136. The van der Waals surface area contributed by atoms with Crippen molar-refractivity contribution in [3.63, 3.8) is 0 Å². The normalized spacial score (nSPS) is 12.2. The van der Waals surface area contributed by atoms with Gasteiger partial charge in [-0.05, 0) is 30.2 Å². The Labute approximate surface area is 170 Å².